The van der Waals surface area contributed by atoms with Crippen LogP contribution in [0.25, 0.3) is 0 Å². The molecule has 0 heterocycles. The summed E-state index contributed by atoms with van der Waals surface area (Å²) in [5.41, 5.74) is 0.145. The molecular weight excluding hydrogens is 368 g/mol. The van der Waals surface area contributed by atoms with Crippen LogP contribution in [0.1, 0.15) is 26.3 Å². The number of benzene rings is 1. The fourth-order valence-electron chi connectivity index (χ4n) is 2.31. The quantitative estimate of drug-likeness (QED) is 0.700. The summed E-state index contributed by atoms with van der Waals surface area (Å²) in [4.78, 5) is 37.8. The van der Waals surface area contributed by atoms with Crippen molar-refractivity contribution >= 4 is 29.7 Å². The van der Waals surface area contributed by atoms with Gasteiger partial charge in [-0.2, -0.15) is 11.8 Å². The van der Waals surface area contributed by atoms with E-state index >= 15 is 0 Å². The molecule has 27 heavy (non-hydrogen) atoms. The molecule has 2 atom stereocenters. The van der Waals surface area contributed by atoms with Gasteiger partial charge in [0.1, 0.15) is 17.7 Å². The van der Waals surface area contributed by atoms with Gasteiger partial charge in [-0.15, -0.1) is 0 Å². The summed E-state index contributed by atoms with van der Waals surface area (Å²) in [5.74, 6) is -1.42. The number of rotatable bonds is 8. The number of likely N-dealkylation sites (N-methyl/N-ethyl adjacent to an activating group) is 1. The Morgan fingerprint density at radius 3 is 2.30 bits per heavy atom. The molecule has 7 nitrogen and oxygen atoms in total. The van der Waals surface area contributed by atoms with Gasteiger partial charge in [0, 0.05) is 19.2 Å². The first-order valence-corrected chi connectivity index (χ1v) is 9.96. The van der Waals surface area contributed by atoms with Gasteiger partial charge in [-0.1, -0.05) is 30.3 Å². The van der Waals surface area contributed by atoms with Gasteiger partial charge in [0.2, 0.25) is 5.91 Å². The fourth-order valence-corrected chi connectivity index (χ4v) is 2.87. The number of nitrogens with zero attached hydrogens (tertiary/aromatic N) is 1. The van der Waals surface area contributed by atoms with E-state index < -0.39 is 35.7 Å². The number of amides is 2. The fraction of sp³-hybridized carbons (Fsp3) is 0.526. The molecule has 0 saturated carbocycles. The highest BCUT2D eigenvalue weighted by atomic mass is 32.2. The van der Waals surface area contributed by atoms with E-state index in [0.29, 0.717) is 0 Å². The van der Waals surface area contributed by atoms with Crippen LogP contribution in [0, 0.1) is 0 Å². The molecule has 1 aromatic carbocycles. The molecule has 150 valence electrons. The SMILES string of the molecule is CSCC(NC(=O)C(Cc1ccccc1)N(C)C(=O)OC(C)(C)C)C(=O)O. The standard InChI is InChI=1S/C19H28N2O5S/c1-19(2,3)26-18(25)21(4)15(11-13-9-7-6-8-10-13)16(22)20-14(12-27-5)17(23)24/h6-10,14-15H,11-12H2,1-5H3,(H,20,22)(H,23,24). The molecule has 1 rings (SSSR count). The molecule has 2 amide bonds. The van der Waals surface area contributed by atoms with Crippen molar-refractivity contribution in [2.45, 2.75) is 44.9 Å². The molecule has 0 fully saturated rings. The molecule has 2 unspecified atom stereocenters. The number of thioether (sulfide) groups is 1. The Morgan fingerprint density at radius 2 is 1.81 bits per heavy atom. The highest BCUT2D eigenvalue weighted by Gasteiger charge is 2.32. The Bertz CT molecular complexity index is 645. The van der Waals surface area contributed by atoms with E-state index in [9.17, 15) is 19.5 Å². The zero-order chi connectivity index (χ0) is 20.6. The van der Waals surface area contributed by atoms with E-state index in [-0.39, 0.29) is 12.2 Å². The third-order valence-corrected chi connectivity index (χ3v) is 4.34. The maximum Gasteiger partial charge on any atom is 0.410 e. The van der Waals surface area contributed by atoms with Crippen LogP contribution in [0.15, 0.2) is 30.3 Å². The minimum atomic E-state index is -1.11. The van der Waals surface area contributed by atoms with Crippen molar-refractivity contribution in [1.29, 1.82) is 0 Å². The van der Waals surface area contributed by atoms with Gasteiger partial charge >= 0.3 is 12.1 Å². The summed E-state index contributed by atoms with van der Waals surface area (Å²) in [6, 6.07) is 7.30. The molecular formula is C19H28N2O5S. The molecule has 0 aliphatic carbocycles. The van der Waals surface area contributed by atoms with Crippen molar-refractivity contribution in [3.05, 3.63) is 35.9 Å². The summed E-state index contributed by atoms with van der Waals surface area (Å²) in [5, 5.41) is 11.8. The van der Waals surface area contributed by atoms with E-state index in [1.165, 1.54) is 23.7 Å². The predicted molar refractivity (Wildman–Crippen MR) is 106 cm³/mol. The van der Waals surface area contributed by atoms with Gasteiger partial charge in [0.05, 0.1) is 0 Å². The van der Waals surface area contributed by atoms with Crippen molar-refractivity contribution in [3.63, 3.8) is 0 Å². The molecule has 0 aromatic heterocycles. The summed E-state index contributed by atoms with van der Waals surface area (Å²) in [6.45, 7) is 5.22. The molecule has 0 radical (unpaired) electrons. The molecule has 1 aromatic rings. The molecule has 0 saturated heterocycles. The van der Waals surface area contributed by atoms with Crippen LogP contribution < -0.4 is 5.32 Å². The van der Waals surface area contributed by atoms with E-state index in [1.54, 1.807) is 27.0 Å². The van der Waals surface area contributed by atoms with Crippen LogP contribution in [-0.4, -0.2) is 64.7 Å². The number of carbonyl (C=O) groups excluding carboxylic acids is 2. The summed E-state index contributed by atoms with van der Waals surface area (Å²) in [6.07, 6.45) is 1.36. The zero-order valence-corrected chi connectivity index (χ0v) is 17.2. The summed E-state index contributed by atoms with van der Waals surface area (Å²) < 4.78 is 5.35. The van der Waals surface area contributed by atoms with Crippen molar-refractivity contribution in [2.24, 2.45) is 0 Å². The minimum Gasteiger partial charge on any atom is -0.480 e. The maximum absolute atomic E-state index is 12.8. The number of carboxylic acid groups (broad SMARTS) is 1. The van der Waals surface area contributed by atoms with Gasteiger partial charge in [-0.05, 0) is 32.6 Å². The van der Waals surface area contributed by atoms with Crippen LogP contribution in [0.5, 0.6) is 0 Å². The first-order chi connectivity index (χ1) is 12.5. The third kappa shape index (κ3) is 7.90. The van der Waals surface area contributed by atoms with Crippen LogP contribution in [0.3, 0.4) is 0 Å². The lowest BCUT2D eigenvalue weighted by Crippen LogP contribution is -2.54. The molecule has 8 heteroatoms. The lowest BCUT2D eigenvalue weighted by atomic mass is 10.0. The Balaban J connectivity index is 3.03. The third-order valence-electron chi connectivity index (χ3n) is 3.67. The average Bonchev–Trinajstić information content (AvgIpc) is 2.57. The number of nitrogens with one attached hydrogen (secondary N) is 1. The summed E-state index contributed by atoms with van der Waals surface area (Å²) in [7, 11) is 1.48. The highest BCUT2D eigenvalue weighted by Crippen LogP contribution is 2.14. The van der Waals surface area contributed by atoms with Crippen LogP contribution >= 0.6 is 11.8 Å². The Morgan fingerprint density at radius 1 is 1.22 bits per heavy atom. The van der Waals surface area contributed by atoms with E-state index in [1.807, 2.05) is 30.3 Å². The second-order valence-electron chi connectivity index (χ2n) is 7.15. The number of carbonyl (C=O) groups is 3. The van der Waals surface area contributed by atoms with Gasteiger partial charge < -0.3 is 15.2 Å². The van der Waals surface area contributed by atoms with Crippen LogP contribution in [-0.2, 0) is 20.7 Å². The molecule has 2 N–H and O–H groups in total. The number of ether oxygens (including phenoxy) is 1. The largest absolute Gasteiger partial charge is 0.480 e. The van der Waals surface area contributed by atoms with Gasteiger partial charge in [-0.25, -0.2) is 9.59 Å². The lowest BCUT2D eigenvalue weighted by Gasteiger charge is -2.30. The number of hydrogen-bond donors (Lipinski definition) is 2. The molecule has 0 spiro atoms. The normalized spacial score (nSPS) is 13.4. The van der Waals surface area contributed by atoms with Gasteiger partial charge in [0.25, 0.3) is 0 Å². The molecule has 0 aliphatic heterocycles. The second-order valence-corrected chi connectivity index (χ2v) is 8.06. The minimum absolute atomic E-state index is 0.231. The van der Waals surface area contributed by atoms with Crippen molar-refractivity contribution in [1.82, 2.24) is 10.2 Å². The van der Waals surface area contributed by atoms with Crippen LogP contribution in [0.4, 0.5) is 4.79 Å². The van der Waals surface area contributed by atoms with Gasteiger partial charge in [-0.3, -0.25) is 9.69 Å². The maximum atomic E-state index is 12.8. The first-order valence-electron chi connectivity index (χ1n) is 8.57. The smallest absolute Gasteiger partial charge is 0.410 e. The van der Waals surface area contributed by atoms with E-state index in [0.717, 1.165) is 5.56 Å². The monoisotopic (exact) mass is 396 g/mol. The first kappa shape index (κ1) is 22.8. The number of hydrogen-bond acceptors (Lipinski definition) is 5. The number of carboxylic acids is 1. The Labute approximate surface area is 164 Å². The molecule has 0 aliphatic rings. The zero-order valence-electron chi connectivity index (χ0n) is 16.4. The number of aliphatic carboxylic acids is 1. The Hall–Kier alpha value is -2.22. The lowest BCUT2D eigenvalue weighted by molar-refractivity contribution is -0.141. The van der Waals surface area contributed by atoms with E-state index in [2.05, 4.69) is 5.32 Å². The average molecular weight is 397 g/mol. The van der Waals surface area contributed by atoms with Gasteiger partial charge in [0.15, 0.2) is 0 Å². The topological polar surface area (TPSA) is 95.9 Å². The van der Waals surface area contributed by atoms with Crippen LogP contribution in [0.2, 0.25) is 0 Å². The van der Waals surface area contributed by atoms with Crippen molar-refractivity contribution < 1.29 is 24.2 Å². The molecule has 0 bridgehead atoms. The second kappa shape index (κ2) is 10.2. The van der Waals surface area contributed by atoms with Crippen molar-refractivity contribution in [3.8, 4) is 0 Å². The summed E-state index contributed by atoms with van der Waals surface area (Å²) >= 11 is 1.32. The highest BCUT2D eigenvalue weighted by molar-refractivity contribution is 7.98. The van der Waals surface area contributed by atoms with E-state index in [4.69, 9.17) is 4.74 Å². The van der Waals surface area contributed by atoms with Crippen molar-refractivity contribution in [2.75, 3.05) is 19.1 Å². The Kier molecular flexibility index (Phi) is 8.62. The predicted octanol–water partition coefficient (Wildman–Crippen LogP) is 2.40.